The first-order chi connectivity index (χ1) is 30.1. The number of H-pyrrole nitrogens is 2. The number of aromatic nitrogens is 4. The largest absolute Gasteiger partial charge is 0.453 e. The lowest BCUT2D eigenvalue weighted by atomic mass is 9.96. The van der Waals surface area contributed by atoms with Crippen LogP contribution in [0.5, 0.6) is 0 Å². The molecule has 318 valence electrons. The minimum absolute atomic E-state index is 0.0732. The number of nitrogens with zero attached hydrogens (tertiary/aromatic N) is 4. The third kappa shape index (κ3) is 6.91. The monoisotopic (exact) mass is 834 g/mol. The molecule has 2 aromatic heterocycles. The Morgan fingerprint density at radius 2 is 1.48 bits per heavy atom. The third-order valence-corrected chi connectivity index (χ3v) is 13.6. The van der Waals surface area contributed by atoms with E-state index in [0.29, 0.717) is 11.5 Å². The van der Waals surface area contributed by atoms with Crippen LogP contribution in [0, 0.1) is 17.8 Å². The molecular formula is C48H50N8O6. The van der Waals surface area contributed by atoms with E-state index in [1.165, 1.54) is 14.2 Å². The van der Waals surface area contributed by atoms with Crippen molar-refractivity contribution in [3.8, 4) is 22.4 Å². The van der Waals surface area contributed by atoms with Gasteiger partial charge in [-0.3, -0.25) is 9.59 Å². The minimum Gasteiger partial charge on any atom is -0.453 e. The number of ether oxygens (including phenoxy) is 2. The average Bonchev–Trinajstić information content (AvgIpc) is 3.92. The van der Waals surface area contributed by atoms with E-state index in [2.05, 4.69) is 69.1 Å². The van der Waals surface area contributed by atoms with E-state index in [-0.39, 0.29) is 47.8 Å². The van der Waals surface area contributed by atoms with Crippen LogP contribution in [0.15, 0.2) is 91.1 Å². The van der Waals surface area contributed by atoms with E-state index < -0.39 is 24.3 Å². The molecule has 0 radical (unpaired) electrons. The Balaban J connectivity index is 0.872. The number of methoxy groups -OCH3 is 2. The molecule has 2 aliphatic carbocycles. The van der Waals surface area contributed by atoms with Crippen LogP contribution < -0.4 is 10.6 Å². The Morgan fingerprint density at radius 1 is 0.742 bits per heavy atom. The van der Waals surface area contributed by atoms with Crippen molar-refractivity contribution in [2.45, 2.75) is 82.2 Å². The number of rotatable bonds is 10. The lowest BCUT2D eigenvalue weighted by Gasteiger charge is -2.36. The molecule has 2 saturated heterocycles. The number of likely N-dealkylation sites (tertiary alicyclic amines) is 2. The second kappa shape index (κ2) is 15.6. The number of hydrogen-bond acceptors (Lipinski definition) is 8. The Hall–Kier alpha value is -6.70. The van der Waals surface area contributed by atoms with Gasteiger partial charge in [-0.15, -0.1) is 0 Å². The number of amides is 4. The van der Waals surface area contributed by atoms with Crippen LogP contribution in [0.4, 0.5) is 9.59 Å². The number of fused-ring (bicyclic) bond motifs is 6. The van der Waals surface area contributed by atoms with E-state index in [1.54, 1.807) is 0 Å². The zero-order chi connectivity index (χ0) is 42.8. The fraction of sp³-hybridized carbons (Fsp3) is 0.375. The Kier molecular flexibility index (Phi) is 9.95. The fourth-order valence-corrected chi connectivity index (χ4v) is 10.4. The lowest BCUT2D eigenvalue weighted by Crippen LogP contribution is -2.52. The van der Waals surface area contributed by atoms with Crippen LogP contribution in [-0.4, -0.2) is 86.1 Å². The van der Waals surface area contributed by atoms with Crippen molar-refractivity contribution in [3.05, 3.63) is 108 Å². The summed E-state index contributed by atoms with van der Waals surface area (Å²) in [7, 11) is 2.60. The number of hydrogen-bond donors (Lipinski definition) is 4. The van der Waals surface area contributed by atoms with Gasteiger partial charge in [0, 0.05) is 17.5 Å². The number of carbonyl (C=O) groups is 4. The predicted molar refractivity (Wildman–Crippen MR) is 232 cm³/mol. The van der Waals surface area contributed by atoms with E-state index in [1.807, 2.05) is 66.2 Å². The fourth-order valence-electron chi connectivity index (χ4n) is 10.4. The van der Waals surface area contributed by atoms with Gasteiger partial charge in [-0.05, 0) is 89.6 Å². The summed E-state index contributed by atoms with van der Waals surface area (Å²) in [5.74, 6) is 1.85. The van der Waals surface area contributed by atoms with Gasteiger partial charge in [-0.1, -0.05) is 86.6 Å². The van der Waals surface area contributed by atoms with Gasteiger partial charge in [0.25, 0.3) is 5.91 Å². The van der Waals surface area contributed by atoms with Crippen molar-refractivity contribution in [2.75, 3.05) is 14.2 Å². The summed E-state index contributed by atoms with van der Waals surface area (Å²) in [6, 6.07) is 26.5. The van der Waals surface area contributed by atoms with Crippen molar-refractivity contribution in [2.24, 2.45) is 17.8 Å². The molecule has 1 unspecified atom stereocenters. The normalized spacial score (nSPS) is 23.4. The van der Waals surface area contributed by atoms with Gasteiger partial charge in [0.15, 0.2) is 0 Å². The second-order valence-electron chi connectivity index (χ2n) is 17.6. The predicted octanol–water partition coefficient (Wildman–Crippen LogP) is 7.97. The maximum absolute atomic E-state index is 14.3. The molecule has 14 nitrogen and oxygen atoms in total. The number of nitrogens with one attached hydrogen (secondary N) is 4. The van der Waals surface area contributed by atoms with E-state index in [4.69, 9.17) is 19.4 Å². The zero-order valence-electron chi connectivity index (χ0n) is 35.1. The minimum atomic E-state index is -0.877. The quantitative estimate of drug-likeness (QED) is 0.108. The molecule has 4 amide bonds. The standard InChI is InChI=1S/C48H50N8O6/c1-25(2)39(53-47(59)61-3)45(57)56-37-22-32(37)23-38(56)43-50-35-19-16-30-20-29(15-18-34(30)41(35)52-43)26-10-12-27(13-11-26)36-24-49-44(51-36)42-31-14-17-33(21-31)55(42)46(58)40(54-48(60)62-4)28-8-6-5-7-9-28/h5-13,15-16,18-20,24-25,31-33,37-40,42H,14,17,21-23H2,1-4H3,(H,49,51)(H,50,52)(H,53,59)(H,54,60)/t31-,32+,33?,37+,38-,39-,40+,42-/m0/s1. The number of piperidine rings is 2. The van der Waals surface area contributed by atoms with Crippen molar-refractivity contribution < 1.29 is 28.7 Å². The number of aromatic amines is 2. The molecular weight excluding hydrogens is 785 g/mol. The van der Waals surface area contributed by atoms with Crippen molar-refractivity contribution in [3.63, 3.8) is 0 Å². The summed E-state index contributed by atoms with van der Waals surface area (Å²) < 4.78 is 9.73. The molecule has 4 heterocycles. The van der Waals surface area contributed by atoms with Crippen LogP contribution >= 0.6 is 0 Å². The van der Waals surface area contributed by atoms with Gasteiger partial charge >= 0.3 is 12.2 Å². The highest BCUT2D eigenvalue weighted by Crippen LogP contribution is 2.54. The van der Waals surface area contributed by atoms with E-state index in [9.17, 15) is 19.2 Å². The molecule has 2 bridgehead atoms. The molecule has 14 heteroatoms. The van der Waals surface area contributed by atoms with Gasteiger partial charge in [0.1, 0.15) is 23.7 Å². The van der Waals surface area contributed by atoms with Gasteiger partial charge in [-0.2, -0.15) is 0 Å². The summed E-state index contributed by atoms with van der Waals surface area (Å²) in [5.41, 5.74) is 6.46. The number of alkyl carbamates (subject to hydrolysis) is 2. The van der Waals surface area contributed by atoms with Crippen molar-refractivity contribution in [1.29, 1.82) is 0 Å². The molecule has 0 spiro atoms. The molecule has 62 heavy (non-hydrogen) atoms. The second-order valence-corrected chi connectivity index (χ2v) is 17.6. The molecule has 2 aliphatic heterocycles. The summed E-state index contributed by atoms with van der Waals surface area (Å²) >= 11 is 0. The average molecular weight is 835 g/mol. The van der Waals surface area contributed by atoms with Crippen molar-refractivity contribution in [1.82, 2.24) is 40.4 Å². The number of carbonyl (C=O) groups excluding carboxylic acids is 4. The molecule has 8 atom stereocenters. The highest BCUT2D eigenvalue weighted by Gasteiger charge is 2.56. The van der Waals surface area contributed by atoms with E-state index >= 15 is 0 Å². The summed E-state index contributed by atoms with van der Waals surface area (Å²) in [6.45, 7) is 3.85. The van der Waals surface area contributed by atoms with Gasteiger partial charge in [-0.25, -0.2) is 19.6 Å². The molecule has 4 fully saturated rings. The van der Waals surface area contributed by atoms with Gasteiger partial charge < -0.3 is 39.9 Å². The van der Waals surface area contributed by atoms with Crippen LogP contribution in [0.3, 0.4) is 0 Å². The highest BCUT2D eigenvalue weighted by atomic mass is 16.5. The lowest BCUT2D eigenvalue weighted by molar-refractivity contribution is -0.138. The van der Waals surface area contributed by atoms with Gasteiger partial charge in [0.2, 0.25) is 5.91 Å². The van der Waals surface area contributed by atoms with Crippen LogP contribution in [0.1, 0.15) is 81.3 Å². The number of benzene rings is 4. The van der Waals surface area contributed by atoms with Crippen molar-refractivity contribution >= 4 is 45.8 Å². The smallest absolute Gasteiger partial charge is 0.407 e. The first-order valence-electron chi connectivity index (χ1n) is 21.6. The zero-order valence-corrected chi connectivity index (χ0v) is 35.1. The van der Waals surface area contributed by atoms with Crippen LogP contribution in [-0.2, 0) is 19.1 Å². The SMILES string of the molecule is COC(=O)N[C@H](C(=O)N1[C@@H]2C[C@@H]2C[C@H]1c1nc2ccc3cc(-c4ccc(-c5cnc([C@@H]6[C@H]7CCC(C7)N6C(=O)[C@H](NC(=O)OC)c6ccccc6)[nH]5)cc4)ccc3c2[nH]1)C(C)C. The van der Waals surface area contributed by atoms with Crippen LogP contribution in [0.2, 0.25) is 0 Å². The third-order valence-electron chi connectivity index (χ3n) is 13.6. The van der Waals surface area contributed by atoms with Crippen LogP contribution in [0.25, 0.3) is 44.2 Å². The molecule has 2 saturated carbocycles. The molecule has 6 aromatic rings. The number of imidazole rings is 2. The highest BCUT2D eigenvalue weighted by molar-refractivity contribution is 6.05. The molecule has 4 aliphatic rings. The molecule has 4 N–H and O–H groups in total. The Bertz CT molecular complexity index is 2690. The first-order valence-corrected chi connectivity index (χ1v) is 21.6. The topological polar surface area (TPSA) is 175 Å². The Morgan fingerprint density at radius 3 is 2.24 bits per heavy atom. The maximum atomic E-state index is 14.3. The van der Waals surface area contributed by atoms with Gasteiger partial charge in [0.05, 0.1) is 49.2 Å². The van der Waals surface area contributed by atoms with E-state index in [0.717, 1.165) is 87.9 Å². The molecule has 10 rings (SSSR count). The summed E-state index contributed by atoms with van der Waals surface area (Å²) in [6.07, 6.45) is 5.21. The maximum Gasteiger partial charge on any atom is 0.407 e. The summed E-state index contributed by atoms with van der Waals surface area (Å²) in [5, 5.41) is 7.65. The Labute approximate surface area is 358 Å². The molecule has 4 aromatic carbocycles. The summed E-state index contributed by atoms with van der Waals surface area (Å²) in [4.78, 5) is 73.7. The first kappa shape index (κ1) is 39.4.